The SMILES string of the molecule is CN(C)C1(Cc2ccccc2Cl)CCC(NC(=O)C(C)(C)Oc2ccccc2Cl)CC1. The van der Waals surface area contributed by atoms with Gasteiger partial charge in [-0.1, -0.05) is 53.5 Å². The third kappa shape index (κ3) is 5.74. The van der Waals surface area contributed by atoms with E-state index in [1.54, 1.807) is 26.0 Å². The summed E-state index contributed by atoms with van der Waals surface area (Å²) >= 11 is 12.6. The highest BCUT2D eigenvalue weighted by molar-refractivity contribution is 6.32. The third-order valence-electron chi connectivity index (χ3n) is 6.43. The first-order valence-electron chi connectivity index (χ1n) is 10.8. The molecule has 1 N–H and O–H groups in total. The van der Waals surface area contributed by atoms with Gasteiger partial charge in [0.05, 0.1) is 5.02 Å². The van der Waals surface area contributed by atoms with Crippen molar-refractivity contribution in [1.82, 2.24) is 10.2 Å². The van der Waals surface area contributed by atoms with Gasteiger partial charge in [0.2, 0.25) is 0 Å². The molecule has 0 spiro atoms. The van der Waals surface area contributed by atoms with Crippen molar-refractivity contribution in [3.8, 4) is 5.75 Å². The van der Waals surface area contributed by atoms with E-state index in [2.05, 4.69) is 30.4 Å². The Kier molecular flexibility index (Phi) is 7.56. The molecule has 2 aromatic rings. The molecular weight excluding hydrogens is 431 g/mol. The van der Waals surface area contributed by atoms with Crippen LogP contribution in [-0.4, -0.2) is 42.1 Å². The van der Waals surface area contributed by atoms with Crippen LogP contribution in [0.2, 0.25) is 10.0 Å². The maximum Gasteiger partial charge on any atom is 0.263 e. The summed E-state index contributed by atoms with van der Waals surface area (Å²) < 4.78 is 5.94. The number of ether oxygens (including phenoxy) is 1. The van der Waals surface area contributed by atoms with Crippen molar-refractivity contribution in [2.24, 2.45) is 0 Å². The molecule has 4 nitrogen and oxygen atoms in total. The van der Waals surface area contributed by atoms with Crippen molar-refractivity contribution in [2.45, 2.75) is 63.1 Å². The van der Waals surface area contributed by atoms with E-state index in [4.69, 9.17) is 27.9 Å². The minimum atomic E-state index is -1.02. The van der Waals surface area contributed by atoms with Crippen LogP contribution in [0, 0.1) is 0 Å². The number of amides is 1. The molecule has 6 heteroatoms. The van der Waals surface area contributed by atoms with Crippen molar-refractivity contribution < 1.29 is 9.53 Å². The largest absolute Gasteiger partial charge is 0.476 e. The van der Waals surface area contributed by atoms with Gasteiger partial charge in [0, 0.05) is 16.6 Å². The Morgan fingerprint density at radius 2 is 1.65 bits per heavy atom. The van der Waals surface area contributed by atoms with Gasteiger partial charge >= 0.3 is 0 Å². The highest BCUT2D eigenvalue weighted by atomic mass is 35.5. The molecule has 1 saturated carbocycles. The molecule has 0 radical (unpaired) electrons. The number of nitrogens with one attached hydrogen (secondary N) is 1. The smallest absolute Gasteiger partial charge is 0.263 e. The van der Waals surface area contributed by atoms with Gasteiger partial charge in [-0.25, -0.2) is 0 Å². The zero-order chi connectivity index (χ0) is 22.6. The van der Waals surface area contributed by atoms with Gasteiger partial charge in [-0.3, -0.25) is 4.79 Å². The molecule has 1 aliphatic carbocycles. The molecule has 2 aromatic carbocycles. The lowest BCUT2D eigenvalue weighted by Crippen LogP contribution is -2.55. The Morgan fingerprint density at radius 3 is 2.23 bits per heavy atom. The number of hydrogen-bond donors (Lipinski definition) is 1. The molecule has 0 bridgehead atoms. The van der Waals surface area contributed by atoms with Gasteiger partial charge in [0.15, 0.2) is 5.60 Å². The molecule has 1 fully saturated rings. The Labute approximate surface area is 195 Å². The van der Waals surface area contributed by atoms with Gasteiger partial charge in [-0.05, 0) is 83.8 Å². The molecule has 0 atom stereocenters. The van der Waals surface area contributed by atoms with E-state index in [1.807, 2.05) is 30.3 Å². The van der Waals surface area contributed by atoms with Crippen LogP contribution in [-0.2, 0) is 11.2 Å². The summed E-state index contributed by atoms with van der Waals surface area (Å²) in [5.41, 5.74) is 0.198. The second kappa shape index (κ2) is 9.81. The summed E-state index contributed by atoms with van der Waals surface area (Å²) in [5.74, 6) is 0.389. The fraction of sp³-hybridized carbons (Fsp3) is 0.480. The van der Waals surface area contributed by atoms with Gasteiger partial charge in [0.25, 0.3) is 5.91 Å². The Morgan fingerprint density at radius 1 is 1.06 bits per heavy atom. The molecule has 0 aliphatic heterocycles. The van der Waals surface area contributed by atoms with E-state index < -0.39 is 5.60 Å². The molecule has 0 saturated heterocycles. The first-order valence-corrected chi connectivity index (χ1v) is 11.5. The summed E-state index contributed by atoms with van der Waals surface area (Å²) in [6, 6.07) is 15.4. The lowest BCUT2D eigenvalue weighted by molar-refractivity contribution is -0.135. The second-order valence-electron chi connectivity index (χ2n) is 9.18. The summed E-state index contributed by atoms with van der Waals surface area (Å²) in [7, 11) is 4.27. The normalized spacial score (nSPS) is 21.7. The van der Waals surface area contributed by atoms with Gasteiger partial charge < -0.3 is 15.0 Å². The molecular formula is C25H32Cl2N2O2. The second-order valence-corrected chi connectivity index (χ2v) is 9.99. The molecule has 0 unspecified atom stereocenters. The quantitative estimate of drug-likeness (QED) is 0.568. The maximum atomic E-state index is 13.0. The maximum absolute atomic E-state index is 13.0. The van der Waals surface area contributed by atoms with Crippen molar-refractivity contribution >= 4 is 29.1 Å². The Hall–Kier alpha value is -1.75. The molecule has 31 heavy (non-hydrogen) atoms. The zero-order valence-electron chi connectivity index (χ0n) is 18.8. The first kappa shape index (κ1) is 23.9. The van der Waals surface area contributed by atoms with Crippen LogP contribution in [0.4, 0.5) is 0 Å². The minimum Gasteiger partial charge on any atom is -0.476 e. The average molecular weight is 463 g/mol. The van der Waals surface area contributed by atoms with E-state index >= 15 is 0 Å². The van der Waals surface area contributed by atoms with Crippen LogP contribution in [0.3, 0.4) is 0 Å². The number of hydrogen-bond acceptors (Lipinski definition) is 3. The van der Waals surface area contributed by atoms with E-state index in [0.717, 1.165) is 37.1 Å². The highest BCUT2D eigenvalue weighted by Gasteiger charge is 2.39. The summed E-state index contributed by atoms with van der Waals surface area (Å²) in [6.07, 6.45) is 4.71. The topological polar surface area (TPSA) is 41.6 Å². The van der Waals surface area contributed by atoms with Crippen molar-refractivity contribution in [3.05, 3.63) is 64.1 Å². The van der Waals surface area contributed by atoms with Gasteiger partial charge in [0.1, 0.15) is 5.75 Å². The van der Waals surface area contributed by atoms with Crippen LogP contribution < -0.4 is 10.1 Å². The minimum absolute atomic E-state index is 0.0375. The molecule has 1 aliphatic rings. The van der Waals surface area contributed by atoms with Crippen molar-refractivity contribution in [1.29, 1.82) is 0 Å². The molecule has 3 rings (SSSR count). The number of benzene rings is 2. The highest BCUT2D eigenvalue weighted by Crippen LogP contribution is 2.37. The number of halogens is 2. The fourth-order valence-electron chi connectivity index (χ4n) is 4.29. The van der Waals surface area contributed by atoms with Gasteiger partial charge in [-0.15, -0.1) is 0 Å². The zero-order valence-corrected chi connectivity index (χ0v) is 20.3. The van der Waals surface area contributed by atoms with E-state index in [1.165, 1.54) is 5.56 Å². The predicted molar refractivity (Wildman–Crippen MR) is 128 cm³/mol. The molecule has 0 heterocycles. The summed E-state index contributed by atoms with van der Waals surface area (Å²) in [4.78, 5) is 15.3. The third-order valence-corrected chi connectivity index (χ3v) is 7.11. The number of likely N-dealkylation sites (N-methyl/N-ethyl adjacent to an activating group) is 1. The molecule has 1 amide bonds. The first-order chi connectivity index (χ1) is 14.6. The van der Waals surface area contributed by atoms with E-state index in [-0.39, 0.29) is 17.5 Å². The standard InChI is InChI=1S/C25H32Cl2N2O2/c1-24(2,31-22-12-8-7-11-21(22)27)23(30)28-19-13-15-25(16-14-19,29(3)4)17-18-9-5-6-10-20(18)26/h5-12,19H,13-17H2,1-4H3,(H,28,30). The summed E-state index contributed by atoms with van der Waals surface area (Å²) in [5, 5.41) is 4.51. The predicted octanol–water partition coefficient (Wildman–Crippen LogP) is 5.75. The van der Waals surface area contributed by atoms with Crippen LogP contribution in [0.25, 0.3) is 0 Å². The van der Waals surface area contributed by atoms with Crippen molar-refractivity contribution in [3.63, 3.8) is 0 Å². The molecule has 0 aromatic heterocycles. The Balaban J connectivity index is 1.62. The summed E-state index contributed by atoms with van der Waals surface area (Å²) in [6.45, 7) is 3.55. The van der Waals surface area contributed by atoms with Crippen LogP contribution in [0.1, 0.15) is 45.1 Å². The van der Waals surface area contributed by atoms with Crippen LogP contribution in [0.5, 0.6) is 5.75 Å². The number of carbonyl (C=O) groups excluding carboxylic acids is 1. The van der Waals surface area contributed by atoms with Crippen LogP contribution in [0.15, 0.2) is 48.5 Å². The average Bonchev–Trinajstić information content (AvgIpc) is 2.72. The van der Waals surface area contributed by atoms with Gasteiger partial charge in [-0.2, -0.15) is 0 Å². The number of nitrogens with zero attached hydrogens (tertiary/aromatic N) is 1. The number of rotatable bonds is 7. The lowest BCUT2D eigenvalue weighted by Gasteiger charge is -2.46. The fourth-order valence-corrected chi connectivity index (χ4v) is 4.66. The van der Waals surface area contributed by atoms with E-state index in [0.29, 0.717) is 10.8 Å². The number of carbonyl (C=O) groups is 1. The Bertz CT molecular complexity index is 906. The van der Waals surface area contributed by atoms with E-state index in [9.17, 15) is 4.79 Å². The number of para-hydroxylation sites is 1. The molecule has 168 valence electrons. The van der Waals surface area contributed by atoms with Crippen molar-refractivity contribution in [2.75, 3.05) is 14.1 Å². The lowest BCUT2D eigenvalue weighted by atomic mass is 9.74. The monoisotopic (exact) mass is 462 g/mol. The van der Waals surface area contributed by atoms with Crippen LogP contribution >= 0.6 is 23.2 Å².